The van der Waals surface area contributed by atoms with Gasteiger partial charge in [-0.05, 0) is 31.8 Å². The zero-order valence-corrected chi connectivity index (χ0v) is 10.6. The van der Waals surface area contributed by atoms with Crippen molar-refractivity contribution in [2.45, 2.75) is 25.9 Å². The molecule has 5 heteroatoms. The van der Waals surface area contributed by atoms with Gasteiger partial charge in [0.25, 0.3) is 0 Å². The number of carbonyl (C=O) groups excluding carboxylic acids is 1. The average Bonchev–Trinajstić information content (AvgIpc) is 2.20. The Balaban J connectivity index is 3.51. The van der Waals surface area contributed by atoms with Gasteiger partial charge in [-0.15, -0.1) is 0 Å². The number of carbonyl (C=O) groups is 1. The molecule has 0 radical (unpaired) electrons. The summed E-state index contributed by atoms with van der Waals surface area (Å²) in [5, 5.41) is 11.9. The summed E-state index contributed by atoms with van der Waals surface area (Å²) in [6.07, 6.45) is 3.32. The van der Waals surface area contributed by atoms with Crippen molar-refractivity contribution in [2.75, 3.05) is 32.1 Å². The molecule has 0 aromatic carbocycles. The second-order valence-corrected chi connectivity index (χ2v) is 4.62. The lowest BCUT2D eigenvalue weighted by atomic mass is 10.3. The zero-order chi connectivity index (χ0) is 11.7. The van der Waals surface area contributed by atoms with Gasteiger partial charge in [-0.2, -0.15) is 11.8 Å². The van der Waals surface area contributed by atoms with Crippen molar-refractivity contribution in [2.24, 2.45) is 0 Å². The molecule has 4 nitrogen and oxygen atoms in total. The van der Waals surface area contributed by atoms with Crippen molar-refractivity contribution in [3.8, 4) is 0 Å². The fraction of sp³-hybridized carbons (Fsp3) is 0.900. The number of rotatable bonds is 7. The predicted octanol–water partition coefficient (Wildman–Crippen LogP) is 1.15. The Labute approximate surface area is 96.4 Å². The maximum atomic E-state index is 11.4. The van der Waals surface area contributed by atoms with Crippen LogP contribution in [-0.4, -0.2) is 54.3 Å². The van der Waals surface area contributed by atoms with Crippen LogP contribution in [0.15, 0.2) is 0 Å². The van der Waals surface area contributed by atoms with Crippen LogP contribution in [0.3, 0.4) is 0 Å². The largest absolute Gasteiger partial charge is 0.393 e. The van der Waals surface area contributed by atoms with E-state index in [4.69, 9.17) is 5.11 Å². The molecule has 15 heavy (non-hydrogen) atoms. The van der Waals surface area contributed by atoms with Crippen molar-refractivity contribution < 1.29 is 9.90 Å². The first kappa shape index (κ1) is 14.6. The first-order valence-corrected chi connectivity index (χ1v) is 6.63. The van der Waals surface area contributed by atoms with Crippen LogP contribution in [0.4, 0.5) is 4.79 Å². The monoisotopic (exact) mass is 234 g/mol. The minimum absolute atomic E-state index is 0.0586. The molecule has 0 aliphatic heterocycles. The maximum absolute atomic E-state index is 11.4. The molecule has 0 aromatic rings. The van der Waals surface area contributed by atoms with Gasteiger partial charge in [0.15, 0.2) is 0 Å². The normalized spacial score (nSPS) is 12.3. The number of hydrogen-bond acceptors (Lipinski definition) is 3. The fourth-order valence-corrected chi connectivity index (χ4v) is 1.46. The lowest BCUT2D eigenvalue weighted by molar-refractivity contribution is 0.163. The molecule has 1 atom stereocenters. The summed E-state index contributed by atoms with van der Waals surface area (Å²) in [5.74, 6) is 1.07. The Morgan fingerprint density at radius 1 is 1.60 bits per heavy atom. The highest BCUT2D eigenvalue weighted by atomic mass is 32.2. The van der Waals surface area contributed by atoms with Crippen LogP contribution in [0.25, 0.3) is 0 Å². The molecular formula is C10H22N2O2S. The van der Waals surface area contributed by atoms with Crippen molar-refractivity contribution in [1.29, 1.82) is 0 Å². The highest BCUT2D eigenvalue weighted by molar-refractivity contribution is 7.98. The number of amides is 2. The minimum Gasteiger partial charge on any atom is -0.393 e. The Hall–Kier alpha value is -0.420. The van der Waals surface area contributed by atoms with E-state index in [-0.39, 0.29) is 12.1 Å². The summed E-state index contributed by atoms with van der Waals surface area (Å²) < 4.78 is 0. The molecular weight excluding hydrogens is 212 g/mol. The molecule has 0 fully saturated rings. The number of aliphatic hydroxyl groups excluding tert-OH is 1. The van der Waals surface area contributed by atoms with Crippen molar-refractivity contribution in [1.82, 2.24) is 10.2 Å². The average molecular weight is 234 g/mol. The van der Waals surface area contributed by atoms with Crippen LogP contribution in [0.2, 0.25) is 0 Å². The van der Waals surface area contributed by atoms with E-state index in [0.29, 0.717) is 13.0 Å². The van der Waals surface area contributed by atoms with Crippen LogP contribution >= 0.6 is 11.8 Å². The smallest absolute Gasteiger partial charge is 0.317 e. The molecule has 0 saturated carbocycles. The Bertz CT molecular complexity index is 177. The molecule has 0 heterocycles. The van der Waals surface area contributed by atoms with Gasteiger partial charge in [0, 0.05) is 20.1 Å². The molecule has 0 rings (SSSR count). The van der Waals surface area contributed by atoms with Gasteiger partial charge < -0.3 is 15.3 Å². The van der Waals surface area contributed by atoms with Gasteiger partial charge in [0.05, 0.1) is 6.10 Å². The molecule has 0 bridgehead atoms. The first-order chi connectivity index (χ1) is 7.07. The number of urea groups is 1. The second-order valence-electron chi connectivity index (χ2n) is 3.64. The lowest BCUT2D eigenvalue weighted by Gasteiger charge is -2.18. The third-order valence-electron chi connectivity index (χ3n) is 2.03. The number of aliphatic hydroxyl groups is 1. The Morgan fingerprint density at radius 3 is 2.80 bits per heavy atom. The van der Waals surface area contributed by atoms with E-state index in [1.165, 1.54) is 0 Å². The van der Waals surface area contributed by atoms with E-state index in [2.05, 4.69) is 11.6 Å². The van der Waals surface area contributed by atoms with E-state index in [1.54, 1.807) is 30.6 Å². The van der Waals surface area contributed by atoms with Crippen LogP contribution < -0.4 is 5.32 Å². The molecule has 2 N–H and O–H groups in total. The Kier molecular flexibility index (Phi) is 8.61. The summed E-state index contributed by atoms with van der Waals surface area (Å²) in [6.45, 7) is 3.04. The van der Waals surface area contributed by atoms with Crippen molar-refractivity contribution >= 4 is 17.8 Å². The minimum atomic E-state index is -0.350. The first-order valence-electron chi connectivity index (χ1n) is 5.24. The molecule has 0 aliphatic rings. The Morgan fingerprint density at radius 2 is 2.27 bits per heavy atom. The van der Waals surface area contributed by atoms with Gasteiger partial charge in [-0.3, -0.25) is 0 Å². The van der Waals surface area contributed by atoms with Crippen molar-refractivity contribution in [3.05, 3.63) is 0 Å². The molecule has 90 valence electrons. The van der Waals surface area contributed by atoms with Gasteiger partial charge >= 0.3 is 6.03 Å². The highest BCUT2D eigenvalue weighted by Crippen LogP contribution is 1.95. The van der Waals surface area contributed by atoms with Gasteiger partial charge in [-0.25, -0.2) is 4.79 Å². The molecule has 1 unspecified atom stereocenters. The van der Waals surface area contributed by atoms with Gasteiger partial charge in [-0.1, -0.05) is 0 Å². The summed E-state index contributed by atoms with van der Waals surface area (Å²) in [6, 6.07) is -0.0586. The topological polar surface area (TPSA) is 52.6 Å². The molecule has 0 saturated heterocycles. The standard InChI is InChI=1S/C10H22N2O2S/c1-9(13)5-7-12(2)10(14)11-6-4-8-15-3/h9,13H,4-8H2,1-3H3,(H,11,14). The van der Waals surface area contributed by atoms with Crippen LogP contribution in [0, 0.1) is 0 Å². The van der Waals surface area contributed by atoms with Crippen molar-refractivity contribution in [3.63, 3.8) is 0 Å². The number of nitrogens with zero attached hydrogens (tertiary/aromatic N) is 1. The third-order valence-corrected chi connectivity index (χ3v) is 2.73. The SMILES string of the molecule is CSCCCNC(=O)N(C)CCC(C)O. The molecule has 2 amide bonds. The number of hydrogen-bond donors (Lipinski definition) is 2. The lowest BCUT2D eigenvalue weighted by Crippen LogP contribution is -2.39. The summed E-state index contributed by atoms with van der Waals surface area (Å²) in [7, 11) is 1.74. The quantitative estimate of drug-likeness (QED) is 0.650. The van der Waals surface area contributed by atoms with Crippen LogP contribution in [0.5, 0.6) is 0 Å². The maximum Gasteiger partial charge on any atom is 0.317 e. The zero-order valence-electron chi connectivity index (χ0n) is 9.82. The van der Waals surface area contributed by atoms with Crippen LogP contribution in [-0.2, 0) is 0 Å². The molecule has 0 aromatic heterocycles. The number of thioether (sulfide) groups is 1. The fourth-order valence-electron chi connectivity index (χ4n) is 1.03. The predicted molar refractivity (Wildman–Crippen MR) is 65.3 cm³/mol. The summed E-state index contributed by atoms with van der Waals surface area (Å²) in [5.41, 5.74) is 0. The van der Waals surface area contributed by atoms with Gasteiger partial charge in [0.1, 0.15) is 0 Å². The second kappa shape index (κ2) is 8.85. The highest BCUT2D eigenvalue weighted by Gasteiger charge is 2.07. The van der Waals surface area contributed by atoms with E-state index in [9.17, 15) is 4.79 Å². The van der Waals surface area contributed by atoms with E-state index in [0.717, 1.165) is 18.7 Å². The summed E-state index contributed by atoms with van der Waals surface area (Å²) >= 11 is 1.78. The van der Waals surface area contributed by atoms with Crippen LogP contribution in [0.1, 0.15) is 19.8 Å². The van der Waals surface area contributed by atoms with E-state index in [1.807, 2.05) is 0 Å². The van der Waals surface area contributed by atoms with Gasteiger partial charge in [0.2, 0.25) is 0 Å². The van der Waals surface area contributed by atoms with E-state index < -0.39 is 0 Å². The summed E-state index contributed by atoms with van der Waals surface area (Å²) in [4.78, 5) is 13.0. The number of nitrogens with one attached hydrogen (secondary N) is 1. The van der Waals surface area contributed by atoms with E-state index >= 15 is 0 Å². The third kappa shape index (κ3) is 8.57. The molecule has 0 aliphatic carbocycles. The molecule has 0 spiro atoms.